The van der Waals surface area contributed by atoms with E-state index in [0.29, 0.717) is 12.5 Å². The molecular weight excluding hydrogens is 449 g/mol. The summed E-state index contributed by atoms with van der Waals surface area (Å²) in [5.74, 6) is 0.584. The van der Waals surface area contributed by atoms with Gasteiger partial charge in [0, 0.05) is 26.1 Å². The Labute approximate surface area is 133 Å². The Balaban J connectivity index is 4.83. The fraction of sp³-hybridized carbons (Fsp3) is 1.00. The van der Waals surface area contributed by atoms with Crippen LogP contribution in [0.15, 0.2) is 0 Å². The highest BCUT2D eigenvalue weighted by molar-refractivity contribution is 14.1. The number of halogens is 2. The van der Waals surface area contributed by atoms with E-state index in [0.717, 1.165) is 0 Å². The Morgan fingerprint density at radius 3 is 1.94 bits per heavy atom. The lowest BCUT2D eigenvalue weighted by Gasteiger charge is -2.35. The normalized spacial score (nSPS) is 19.0. The lowest BCUT2D eigenvalue weighted by Crippen LogP contribution is -2.47. The van der Waals surface area contributed by atoms with Gasteiger partial charge < -0.3 is 15.6 Å². The van der Waals surface area contributed by atoms with Crippen molar-refractivity contribution in [3.05, 3.63) is 0 Å². The quantitative estimate of drug-likeness (QED) is 0.386. The summed E-state index contributed by atoms with van der Waals surface area (Å²) in [5.41, 5.74) is 0. The van der Waals surface area contributed by atoms with Crippen LogP contribution in [0, 0.1) is 11.8 Å². The van der Waals surface area contributed by atoms with Gasteiger partial charge in [0.15, 0.2) is 0 Å². The Hall–Kier alpha value is 1.36. The van der Waals surface area contributed by atoms with Gasteiger partial charge in [-0.25, -0.2) is 0 Å². The van der Waals surface area contributed by atoms with Crippen LogP contribution >= 0.6 is 46.0 Å². The molecule has 0 N–H and O–H groups in total. The summed E-state index contributed by atoms with van der Waals surface area (Å²) in [4.78, 5) is 0. The van der Waals surface area contributed by atoms with Crippen LogP contribution in [-0.4, -0.2) is 46.9 Å². The van der Waals surface area contributed by atoms with Gasteiger partial charge in [-0.1, -0.05) is 13.8 Å². The number of hydrogen-bond acceptors (Lipinski definition) is 4. The molecule has 7 heteroatoms. The second-order valence-electron chi connectivity index (χ2n) is 4.14. The number of rotatable bonds is 9. The fourth-order valence-electron chi connectivity index (χ4n) is 1.69. The average Bonchev–Trinajstić information content (AvgIpc) is 2.32. The third kappa shape index (κ3) is 5.90. The predicted molar refractivity (Wildman–Crippen MR) is 84.5 cm³/mol. The molecule has 100 valence electrons. The van der Waals surface area contributed by atoms with Crippen LogP contribution in [0.4, 0.5) is 0 Å². The number of ether oxygens (including phenoxy) is 2. The maximum Gasteiger partial charge on any atom is 0.112 e. The van der Waals surface area contributed by atoms with Crippen LogP contribution in [-0.2, 0) is 15.6 Å². The van der Waals surface area contributed by atoms with Gasteiger partial charge in [-0.05, 0) is 5.92 Å². The Morgan fingerprint density at radius 1 is 1.06 bits per heavy atom. The van der Waals surface area contributed by atoms with Crippen molar-refractivity contribution in [3.63, 3.8) is 0 Å². The molecule has 4 atom stereocenters. The summed E-state index contributed by atoms with van der Waals surface area (Å²) in [6, 6.07) is -0.518. The van der Waals surface area contributed by atoms with Crippen molar-refractivity contribution in [2.24, 2.45) is 11.8 Å². The molecule has 0 saturated heterocycles. The zero-order chi connectivity index (χ0) is 13.4. The van der Waals surface area contributed by atoms with Gasteiger partial charge in [-0.3, -0.25) is 0 Å². The van der Waals surface area contributed by atoms with Gasteiger partial charge in [0.05, 0.1) is 6.61 Å². The summed E-state index contributed by atoms with van der Waals surface area (Å²) in [5, 5.41) is 0. The van der Waals surface area contributed by atoms with E-state index in [1.807, 2.05) is 46.0 Å². The monoisotopic (exact) mass is 468 g/mol. The van der Waals surface area contributed by atoms with Gasteiger partial charge in [0.2, 0.25) is 0 Å². The third-order valence-corrected chi connectivity index (χ3v) is 3.78. The van der Waals surface area contributed by atoms with E-state index in [9.17, 15) is 0 Å². The zero-order valence-corrected chi connectivity index (χ0v) is 14.9. The third-order valence-electron chi connectivity index (χ3n) is 2.83. The molecular formula is C10H19BI2O4. The molecule has 0 aromatic carbocycles. The Kier molecular flexibility index (Phi) is 11.0. The molecule has 0 fully saturated rings. The largest absolute Gasteiger partial charge is 0.389 e. The van der Waals surface area contributed by atoms with Crippen molar-refractivity contribution >= 4 is 53.9 Å². The first-order valence-electron chi connectivity index (χ1n) is 5.35. The lowest BCUT2D eigenvalue weighted by atomic mass is 9.81. The van der Waals surface area contributed by atoms with Crippen LogP contribution in [0.5, 0.6) is 0 Å². The van der Waals surface area contributed by atoms with Crippen LogP contribution in [0.1, 0.15) is 13.8 Å². The van der Waals surface area contributed by atoms with Crippen molar-refractivity contribution in [3.8, 4) is 0 Å². The van der Waals surface area contributed by atoms with Crippen molar-refractivity contribution < 1.29 is 15.6 Å². The molecule has 0 spiro atoms. The molecule has 17 heavy (non-hydrogen) atoms. The molecule has 0 heterocycles. The van der Waals surface area contributed by atoms with E-state index in [4.69, 9.17) is 23.5 Å². The van der Waals surface area contributed by atoms with Crippen molar-refractivity contribution in [2.75, 3.05) is 20.8 Å². The van der Waals surface area contributed by atoms with E-state index in [-0.39, 0.29) is 18.1 Å². The average molecular weight is 468 g/mol. The van der Waals surface area contributed by atoms with E-state index in [1.54, 1.807) is 14.2 Å². The van der Waals surface area contributed by atoms with Crippen molar-refractivity contribution in [1.82, 2.24) is 0 Å². The molecule has 0 amide bonds. The standard InChI is InChI=1S/C10H19BI2O4/c1-6(2)7(5-16-12)8(17-13)9(14-3)10(11)15-4/h6-10H,5H2,1-4H3/t7-,8-,9-,10-/m1/s1. The molecule has 0 unspecified atom stereocenters. The summed E-state index contributed by atoms with van der Waals surface area (Å²) in [6.45, 7) is 4.82. The van der Waals surface area contributed by atoms with Crippen molar-refractivity contribution in [2.45, 2.75) is 32.1 Å². The summed E-state index contributed by atoms with van der Waals surface area (Å²) in [7, 11) is 9.03. The van der Waals surface area contributed by atoms with Crippen LogP contribution in [0.25, 0.3) is 0 Å². The molecule has 2 radical (unpaired) electrons. The van der Waals surface area contributed by atoms with Gasteiger partial charge in [-0.15, -0.1) is 0 Å². The molecule has 0 aliphatic rings. The Morgan fingerprint density at radius 2 is 1.65 bits per heavy atom. The Bertz CT molecular complexity index is 195. The highest BCUT2D eigenvalue weighted by Gasteiger charge is 2.35. The molecule has 0 aliphatic heterocycles. The summed E-state index contributed by atoms with van der Waals surface area (Å²) in [6.07, 6.45) is -0.499. The van der Waals surface area contributed by atoms with E-state index in [1.165, 1.54) is 0 Å². The molecule has 0 aromatic heterocycles. The first kappa shape index (κ1) is 18.4. The maximum atomic E-state index is 5.87. The topological polar surface area (TPSA) is 36.9 Å². The van der Waals surface area contributed by atoms with E-state index < -0.39 is 6.00 Å². The van der Waals surface area contributed by atoms with Gasteiger partial charge >= 0.3 is 0 Å². The van der Waals surface area contributed by atoms with Gasteiger partial charge in [0.25, 0.3) is 0 Å². The lowest BCUT2D eigenvalue weighted by molar-refractivity contribution is -0.0741. The van der Waals surface area contributed by atoms with Gasteiger partial charge in [0.1, 0.15) is 66.1 Å². The van der Waals surface area contributed by atoms with Crippen LogP contribution in [0.3, 0.4) is 0 Å². The molecule has 0 bridgehead atoms. The highest BCUT2D eigenvalue weighted by atomic mass is 127. The van der Waals surface area contributed by atoms with E-state index >= 15 is 0 Å². The minimum absolute atomic E-state index is 0.176. The summed E-state index contributed by atoms with van der Waals surface area (Å²) < 4.78 is 21.2. The predicted octanol–water partition coefficient (Wildman–Crippen LogP) is 2.52. The maximum absolute atomic E-state index is 5.87. The minimum atomic E-state index is -0.518. The molecule has 0 aromatic rings. The van der Waals surface area contributed by atoms with Crippen LogP contribution < -0.4 is 0 Å². The summed E-state index contributed by atoms with van der Waals surface area (Å²) >= 11 is 3.76. The molecule has 0 aliphatic carbocycles. The first-order chi connectivity index (χ1) is 8.03. The second-order valence-corrected chi connectivity index (χ2v) is 5.27. The van der Waals surface area contributed by atoms with Gasteiger partial charge in [-0.2, -0.15) is 0 Å². The van der Waals surface area contributed by atoms with E-state index in [2.05, 4.69) is 13.8 Å². The second kappa shape index (κ2) is 10.2. The molecule has 4 nitrogen and oxygen atoms in total. The zero-order valence-electron chi connectivity index (χ0n) is 10.6. The number of hydrogen-bond donors (Lipinski definition) is 0. The highest BCUT2D eigenvalue weighted by Crippen LogP contribution is 2.26. The van der Waals surface area contributed by atoms with Crippen molar-refractivity contribution in [1.29, 1.82) is 0 Å². The van der Waals surface area contributed by atoms with Crippen LogP contribution in [0.2, 0.25) is 0 Å². The number of methoxy groups -OCH3 is 2. The SMILES string of the molecule is [B][C@H](OC)[C@H](OC)[C@H](OI)[C@H](COI)C(C)C. The fourth-order valence-corrected chi connectivity index (χ4v) is 2.77. The molecule has 0 rings (SSSR count). The minimum Gasteiger partial charge on any atom is -0.389 e. The molecule has 0 saturated carbocycles. The smallest absolute Gasteiger partial charge is 0.112 e. The first-order valence-corrected chi connectivity index (χ1v) is 7.11.